The molecule has 0 saturated carbocycles. The maximum Gasteiger partial charge on any atom is 0.264 e. The van der Waals surface area contributed by atoms with Crippen molar-refractivity contribution < 1.29 is 17.9 Å². The Morgan fingerprint density at radius 3 is 2.03 bits per heavy atom. The van der Waals surface area contributed by atoms with Gasteiger partial charge in [0.2, 0.25) is 5.91 Å². The number of hydrogen-bond donors (Lipinski definition) is 1. The minimum atomic E-state index is -4.01. The number of aryl methyl sites for hydroxylation is 1. The van der Waals surface area contributed by atoms with Crippen molar-refractivity contribution in [2.24, 2.45) is 0 Å². The predicted octanol–water partition coefficient (Wildman–Crippen LogP) is 5.10. The van der Waals surface area contributed by atoms with Crippen LogP contribution in [0.2, 0.25) is 0 Å². The number of amides is 1. The third-order valence-corrected chi connectivity index (χ3v) is 7.70. The minimum Gasteiger partial charge on any atom is -0.497 e. The highest BCUT2D eigenvalue weighted by molar-refractivity contribution is 7.92. The summed E-state index contributed by atoms with van der Waals surface area (Å²) in [6, 6.07) is 31.7. The van der Waals surface area contributed by atoms with Crippen LogP contribution >= 0.6 is 0 Å². The van der Waals surface area contributed by atoms with Crippen LogP contribution in [0.5, 0.6) is 5.75 Å². The normalized spacial score (nSPS) is 11.9. The summed E-state index contributed by atoms with van der Waals surface area (Å²) in [6.07, 6.45) is 0. The van der Waals surface area contributed by atoms with E-state index in [2.05, 4.69) is 5.32 Å². The number of sulfonamides is 1. The second-order valence-corrected chi connectivity index (χ2v) is 10.2. The fourth-order valence-corrected chi connectivity index (χ4v) is 5.46. The van der Waals surface area contributed by atoms with Crippen molar-refractivity contribution in [1.29, 1.82) is 0 Å². The molecule has 4 rings (SSSR count). The molecule has 1 atom stereocenters. The second kappa shape index (κ2) is 11.1. The molecule has 1 amide bonds. The quantitative estimate of drug-likeness (QED) is 0.347. The molecule has 6 nitrogen and oxygen atoms in total. The highest BCUT2D eigenvalue weighted by atomic mass is 32.2. The summed E-state index contributed by atoms with van der Waals surface area (Å²) < 4.78 is 33.6. The van der Waals surface area contributed by atoms with E-state index >= 15 is 0 Å². The van der Waals surface area contributed by atoms with Gasteiger partial charge in [0, 0.05) is 0 Å². The van der Waals surface area contributed by atoms with Gasteiger partial charge in [0.25, 0.3) is 10.0 Å². The van der Waals surface area contributed by atoms with Gasteiger partial charge in [-0.05, 0) is 60.0 Å². The Labute approximate surface area is 212 Å². The zero-order valence-corrected chi connectivity index (χ0v) is 21.0. The average molecular weight is 501 g/mol. The molecule has 0 bridgehead atoms. The first-order chi connectivity index (χ1) is 17.4. The van der Waals surface area contributed by atoms with Crippen LogP contribution < -0.4 is 14.4 Å². The van der Waals surface area contributed by atoms with Gasteiger partial charge < -0.3 is 10.1 Å². The zero-order chi connectivity index (χ0) is 25.5. The van der Waals surface area contributed by atoms with Gasteiger partial charge in [-0.3, -0.25) is 9.10 Å². The van der Waals surface area contributed by atoms with E-state index in [1.165, 1.54) is 19.2 Å². The molecule has 4 aromatic carbocycles. The van der Waals surface area contributed by atoms with Gasteiger partial charge in [-0.1, -0.05) is 72.8 Å². The maximum atomic E-state index is 13.6. The highest BCUT2D eigenvalue weighted by Crippen LogP contribution is 2.27. The first-order valence-corrected chi connectivity index (χ1v) is 13.0. The molecule has 0 spiro atoms. The van der Waals surface area contributed by atoms with Gasteiger partial charge in [0.15, 0.2) is 0 Å². The molecule has 184 valence electrons. The predicted molar refractivity (Wildman–Crippen MR) is 142 cm³/mol. The van der Waals surface area contributed by atoms with Crippen LogP contribution in [0.4, 0.5) is 5.69 Å². The van der Waals surface area contributed by atoms with Gasteiger partial charge in [-0.15, -0.1) is 0 Å². The molecule has 0 aliphatic carbocycles. The summed E-state index contributed by atoms with van der Waals surface area (Å²) >= 11 is 0. The molecule has 0 aliphatic rings. The largest absolute Gasteiger partial charge is 0.497 e. The van der Waals surface area contributed by atoms with Gasteiger partial charge in [0.05, 0.1) is 23.7 Å². The second-order valence-electron chi connectivity index (χ2n) is 8.29. The van der Waals surface area contributed by atoms with Crippen molar-refractivity contribution in [3.05, 3.63) is 126 Å². The Bertz CT molecular complexity index is 1410. The van der Waals surface area contributed by atoms with Crippen LogP contribution in [-0.2, 0) is 14.8 Å². The van der Waals surface area contributed by atoms with E-state index in [9.17, 15) is 13.2 Å². The lowest BCUT2D eigenvalue weighted by molar-refractivity contribution is -0.120. The Kier molecular flexibility index (Phi) is 7.71. The number of carbonyl (C=O) groups is 1. The lowest BCUT2D eigenvalue weighted by Crippen LogP contribution is -2.42. The SMILES string of the molecule is COc1ccc(N(CC(=O)N[C@@H](c2ccccc2)c2ccccc2C)S(=O)(=O)c2ccccc2)cc1. The summed E-state index contributed by atoms with van der Waals surface area (Å²) in [6.45, 7) is 1.60. The topological polar surface area (TPSA) is 75.7 Å². The Balaban J connectivity index is 1.69. The fraction of sp³-hybridized carbons (Fsp3) is 0.138. The monoisotopic (exact) mass is 500 g/mol. The van der Waals surface area contributed by atoms with E-state index < -0.39 is 28.5 Å². The van der Waals surface area contributed by atoms with E-state index in [0.29, 0.717) is 11.4 Å². The molecule has 0 unspecified atom stereocenters. The van der Waals surface area contributed by atoms with E-state index in [4.69, 9.17) is 4.74 Å². The summed E-state index contributed by atoms with van der Waals surface area (Å²) in [4.78, 5) is 13.6. The first kappa shape index (κ1) is 25.0. The summed E-state index contributed by atoms with van der Waals surface area (Å²) in [5.74, 6) is 0.159. The van der Waals surface area contributed by atoms with Gasteiger partial charge in [-0.2, -0.15) is 0 Å². The smallest absolute Gasteiger partial charge is 0.264 e. The number of carbonyl (C=O) groups excluding carboxylic acids is 1. The molecular weight excluding hydrogens is 472 g/mol. The number of nitrogens with zero attached hydrogens (tertiary/aromatic N) is 1. The number of anilines is 1. The van der Waals surface area contributed by atoms with E-state index in [1.807, 2.05) is 61.5 Å². The van der Waals surface area contributed by atoms with Gasteiger partial charge >= 0.3 is 0 Å². The molecule has 0 saturated heterocycles. The van der Waals surface area contributed by atoms with Crippen LogP contribution in [0.25, 0.3) is 0 Å². The number of nitrogens with one attached hydrogen (secondary N) is 1. The van der Waals surface area contributed by atoms with Crippen molar-refractivity contribution in [2.75, 3.05) is 18.0 Å². The molecule has 0 heterocycles. The third-order valence-electron chi connectivity index (χ3n) is 5.92. The Morgan fingerprint density at radius 1 is 0.833 bits per heavy atom. The Morgan fingerprint density at radius 2 is 1.42 bits per heavy atom. The molecular formula is C29H28N2O4S. The van der Waals surface area contributed by atoms with Crippen molar-refractivity contribution in [3.63, 3.8) is 0 Å². The Hall–Kier alpha value is -4.10. The highest BCUT2D eigenvalue weighted by Gasteiger charge is 2.28. The number of ether oxygens (including phenoxy) is 1. The van der Waals surface area contributed by atoms with Crippen LogP contribution in [0.15, 0.2) is 114 Å². The van der Waals surface area contributed by atoms with Crippen molar-refractivity contribution in [1.82, 2.24) is 5.32 Å². The van der Waals surface area contributed by atoms with E-state index in [1.54, 1.807) is 42.5 Å². The molecule has 1 N–H and O–H groups in total. The van der Waals surface area contributed by atoms with Crippen molar-refractivity contribution in [3.8, 4) is 5.75 Å². The molecule has 36 heavy (non-hydrogen) atoms. The summed E-state index contributed by atoms with van der Waals surface area (Å²) in [5, 5.41) is 3.07. The van der Waals surface area contributed by atoms with E-state index in [0.717, 1.165) is 21.0 Å². The molecule has 0 aliphatic heterocycles. The summed E-state index contributed by atoms with van der Waals surface area (Å²) in [5.41, 5.74) is 3.23. The molecule has 0 radical (unpaired) electrons. The zero-order valence-electron chi connectivity index (χ0n) is 20.2. The number of hydrogen-bond acceptors (Lipinski definition) is 4. The molecule has 7 heteroatoms. The minimum absolute atomic E-state index is 0.104. The van der Waals surface area contributed by atoms with Crippen LogP contribution in [0.1, 0.15) is 22.7 Å². The number of methoxy groups -OCH3 is 1. The van der Waals surface area contributed by atoms with Crippen LogP contribution in [0, 0.1) is 6.92 Å². The standard InChI is InChI=1S/C29H28N2O4S/c1-22-11-9-10-16-27(22)29(23-12-5-3-6-13-23)30-28(32)21-31(24-17-19-25(35-2)20-18-24)36(33,34)26-14-7-4-8-15-26/h3-20,29H,21H2,1-2H3,(H,30,32)/t29-/m0/s1. The maximum absolute atomic E-state index is 13.6. The number of rotatable bonds is 9. The number of benzene rings is 4. The van der Waals surface area contributed by atoms with Crippen molar-refractivity contribution >= 4 is 21.6 Å². The van der Waals surface area contributed by atoms with Crippen molar-refractivity contribution in [2.45, 2.75) is 17.9 Å². The molecule has 0 aromatic heterocycles. The lowest BCUT2D eigenvalue weighted by Gasteiger charge is -2.27. The lowest BCUT2D eigenvalue weighted by atomic mass is 9.95. The third kappa shape index (κ3) is 5.58. The van der Waals surface area contributed by atoms with Gasteiger partial charge in [0.1, 0.15) is 12.3 Å². The van der Waals surface area contributed by atoms with Gasteiger partial charge in [-0.25, -0.2) is 8.42 Å². The fourth-order valence-electron chi connectivity index (χ4n) is 4.02. The molecule has 4 aromatic rings. The average Bonchev–Trinajstić information content (AvgIpc) is 2.92. The summed E-state index contributed by atoms with van der Waals surface area (Å²) in [7, 11) is -2.47. The van der Waals surface area contributed by atoms with E-state index in [-0.39, 0.29) is 4.90 Å². The molecule has 0 fully saturated rings. The van der Waals surface area contributed by atoms with Crippen LogP contribution in [0.3, 0.4) is 0 Å². The van der Waals surface area contributed by atoms with Crippen LogP contribution in [-0.4, -0.2) is 28.0 Å². The first-order valence-electron chi connectivity index (χ1n) is 11.5.